The molecule has 0 atom stereocenters. The van der Waals surface area contributed by atoms with E-state index in [2.05, 4.69) is 15.3 Å². The molecule has 0 radical (unpaired) electrons. The second-order valence-corrected chi connectivity index (χ2v) is 7.48. The molecule has 1 aliphatic heterocycles. The highest BCUT2D eigenvalue weighted by atomic mass is 32.1. The number of halogens is 3. The fourth-order valence-corrected chi connectivity index (χ4v) is 3.80. The van der Waals surface area contributed by atoms with Crippen LogP contribution in [0.2, 0.25) is 0 Å². The maximum absolute atomic E-state index is 12.9. The van der Waals surface area contributed by atoms with Crippen molar-refractivity contribution in [3.8, 4) is 11.3 Å². The Morgan fingerprint density at radius 2 is 2.03 bits per heavy atom. The van der Waals surface area contributed by atoms with Gasteiger partial charge in [-0.05, 0) is 30.7 Å². The molecule has 4 rings (SSSR count). The molecule has 1 aromatic carbocycles. The number of pyridine rings is 1. The summed E-state index contributed by atoms with van der Waals surface area (Å²) in [6, 6.07) is 8.06. The number of benzene rings is 1. The monoisotopic (exact) mass is 432 g/mol. The smallest absolute Gasteiger partial charge is 0.311 e. The van der Waals surface area contributed by atoms with E-state index in [0.29, 0.717) is 18.7 Å². The average molecular weight is 432 g/mol. The standard InChI is InChI=1S/C20H15F3N4O2S/c21-20(22,23)13-4-1-3-12(9-13)15-11-30-19(25-15)18(29)26-16-7-6-14(10-24-16)27-8-2-5-17(27)28/h1,3-4,6-7,9-11H,2,5,8H2,(H,24,26,29). The fourth-order valence-electron chi connectivity index (χ4n) is 3.08. The van der Waals surface area contributed by atoms with E-state index in [0.717, 1.165) is 29.9 Å². The normalized spacial score (nSPS) is 14.2. The summed E-state index contributed by atoms with van der Waals surface area (Å²) in [5.74, 6) is -0.194. The van der Waals surface area contributed by atoms with Crippen molar-refractivity contribution in [2.24, 2.45) is 0 Å². The van der Waals surface area contributed by atoms with Crippen LogP contribution in [0.5, 0.6) is 0 Å². The number of thiazole rings is 1. The number of rotatable bonds is 4. The lowest BCUT2D eigenvalue weighted by molar-refractivity contribution is -0.137. The Labute approximate surface area is 173 Å². The molecule has 1 aliphatic rings. The number of nitrogens with zero attached hydrogens (tertiary/aromatic N) is 3. The van der Waals surface area contributed by atoms with E-state index in [-0.39, 0.29) is 28.0 Å². The molecule has 3 heterocycles. The molecule has 1 saturated heterocycles. The Morgan fingerprint density at radius 1 is 1.20 bits per heavy atom. The third-order valence-electron chi connectivity index (χ3n) is 4.56. The van der Waals surface area contributed by atoms with Crippen LogP contribution in [0.3, 0.4) is 0 Å². The van der Waals surface area contributed by atoms with E-state index in [1.165, 1.54) is 23.7 Å². The molecule has 0 bridgehead atoms. The molecule has 1 N–H and O–H groups in total. The van der Waals surface area contributed by atoms with Gasteiger partial charge in [0.05, 0.1) is 23.1 Å². The lowest BCUT2D eigenvalue weighted by Crippen LogP contribution is -2.23. The van der Waals surface area contributed by atoms with Gasteiger partial charge in [0, 0.05) is 23.9 Å². The van der Waals surface area contributed by atoms with Crippen LogP contribution in [0.4, 0.5) is 24.7 Å². The van der Waals surface area contributed by atoms with Gasteiger partial charge in [-0.15, -0.1) is 11.3 Å². The third-order valence-corrected chi connectivity index (χ3v) is 5.40. The van der Waals surface area contributed by atoms with Gasteiger partial charge in [0.1, 0.15) is 5.82 Å². The van der Waals surface area contributed by atoms with E-state index in [9.17, 15) is 22.8 Å². The summed E-state index contributed by atoms with van der Waals surface area (Å²) < 4.78 is 38.7. The molecule has 2 aromatic heterocycles. The number of aromatic nitrogens is 2. The molecular weight excluding hydrogens is 417 g/mol. The predicted molar refractivity (Wildman–Crippen MR) is 106 cm³/mol. The van der Waals surface area contributed by atoms with Gasteiger partial charge in [0.2, 0.25) is 5.91 Å². The van der Waals surface area contributed by atoms with E-state index in [1.54, 1.807) is 17.0 Å². The van der Waals surface area contributed by atoms with Gasteiger partial charge in [-0.2, -0.15) is 13.2 Å². The second kappa shape index (κ2) is 7.86. The minimum absolute atomic E-state index is 0.0403. The van der Waals surface area contributed by atoms with Crippen LogP contribution < -0.4 is 10.2 Å². The van der Waals surface area contributed by atoms with Crippen molar-refractivity contribution >= 4 is 34.7 Å². The number of alkyl halides is 3. The van der Waals surface area contributed by atoms with Crippen LogP contribution in [0, 0.1) is 0 Å². The van der Waals surface area contributed by atoms with Crippen molar-refractivity contribution in [1.82, 2.24) is 9.97 Å². The number of hydrogen-bond acceptors (Lipinski definition) is 5. The minimum atomic E-state index is -4.45. The number of amides is 2. The highest BCUT2D eigenvalue weighted by Crippen LogP contribution is 2.32. The van der Waals surface area contributed by atoms with Crippen molar-refractivity contribution in [2.75, 3.05) is 16.8 Å². The lowest BCUT2D eigenvalue weighted by Gasteiger charge is -2.15. The molecule has 0 saturated carbocycles. The number of carbonyl (C=O) groups excluding carboxylic acids is 2. The average Bonchev–Trinajstić information content (AvgIpc) is 3.37. The molecule has 0 aliphatic carbocycles. The number of anilines is 2. The van der Waals surface area contributed by atoms with Crippen molar-refractivity contribution in [1.29, 1.82) is 0 Å². The molecule has 2 amide bonds. The molecular formula is C20H15F3N4O2S. The van der Waals surface area contributed by atoms with Gasteiger partial charge in [-0.3, -0.25) is 9.59 Å². The van der Waals surface area contributed by atoms with E-state index < -0.39 is 17.6 Å². The van der Waals surface area contributed by atoms with Crippen LogP contribution >= 0.6 is 11.3 Å². The Kier molecular flexibility index (Phi) is 5.25. The second-order valence-electron chi connectivity index (χ2n) is 6.62. The highest BCUT2D eigenvalue weighted by molar-refractivity contribution is 7.12. The first-order valence-corrected chi connectivity index (χ1v) is 9.90. The van der Waals surface area contributed by atoms with Gasteiger partial charge in [0.15, 0.2) is 5.01 Å². The van der Waals surface area contributed by atoms with Crippen molar-refractivity contribution in [3.05, 3.63) is 58.5 Å². The molecule has 154 valence electrons. The van der Waals surface area contributed by atoms with Gasteiger partial charge >= 0.3 is 6.18 Å². The summed E-state index contributed by atoms with van der Waals surface area (Å²) in [7, 11) is 0. The first-order valence-electron chi connectivity index (χ1n) is 9.02. The number of carbonyl (C=O) groups is 2. The van der Waals surface area contributed by atoms with E-state index in [4.69, 9.17) is 0 Å². The van der Waals surface area contributed by atoms with Crippen LogP contribution in [0.1, 0.15) is 28.2 Å². The van der Waals surface area contributed by atoms with Crippen LogP contribution in [-0.4, -0.2) is 28.3 Å². The number of nitrogens with one attached hydrogen (secondary N) is 1. The fraction of sp³-hybridized carbons (Fsp3) is 0.200. The van der Waals surface area contributed by atoms with Crippen molar-refractivity contribution in [2.45, 2.75) is 19.0 Å². The predicted octanol–water partition coefficient (Wildman–Crippen LogP) is 4.60. The zero-order chi connectivity index (χ0) is 21.3. The molecule has 6 nitrogen and oxygen atoms in total. The Hall–Kier alpha value is -3.27. The molecule has 1 fully saturated rings. The van der Waals surface area contributed by atoms with E-state index >= 15 is 0 Å². The summed E-state index contributed by atoms with van der Waals surface area (Å²) in [6.45, 7) is 0.643. The van der Waals surface area contributed by atoms with Gasteiger partial charge in [0.25, 0.3) is 5.91 Å². The first kappa shape index (κ1) is 20.0. The van der Waals surface area contributed by atoms with Gasteiger partial charge < -0.3 is 10.2 Å². The highest BCUT2D eigenvalue weighted by Gasteiger charge is 2.30. The van der Waals surface area contributed by atoms with Crippen LogP contribution in [0.25, 0.3) is 11.3 Å². The summed E-state index contributed by atoms with van der Waals surface area (Å²) in [4.78, 5) is 34.1. The third kappa shape index (κ3) is 4.18. The summed E-state index contributed by atoms with van der Waals surface area (Å²) in [5.41, 5.74) is 0.446. The van der Waals surface area contributed by atoms with Crippen LogP contribution in [-0.2, 0) is 11.0 Å². The van der Waals surface area contributed by atoms with Crippen molar-refractivity contribution < 1.29 is 22.8 Å². The molecule has 0 spiro atoms. The van der Waals surface area contributed by atoms with Crippen molar-refractivity contribution in [3.63, 3.8) is 0 Å². The van der Waals surface area contributed by atoms with Gasteiger partial charge in [-0.25, -0.2) is 9.97 Å². The minimum Gasteiger partial charge on any atom is -0.311 e. The Balaban J connectivity index is 1.46. The van der Waals surface area contributed by atoms with Crippen LogP contribution in [0.15, 0.2) is 48.0 Å². The van der Waals surface area contributed by atoms with Gasteiger partial charge in [-0.1, -0.05) is 12.1 Å². The maximum atomic E-state index is 12.9. The summed E-state index contributed by atoms with van der Waals surface area (Å²) in [5, 5.41) is 4.23. The molecule has 0 unspecified atom stereocenters. The topological polar surface area (TPSA) is 75.2 Å². The molecule has 3 aromatic rings. The Bertz CT molecular complexity index is 1100. The summed E-state index contributed by atoms with van der Waals surface area (Å²) in [6.07, 6.45) is -1.63. The van der Waals surface area contributed by atoms with E-state index in [1.807, 2.05) is 0 Å². The zero-order valence-corrected chi connectivity index (χ0v) is 16.3. The zero-order valence-electron chi connectivity index (χ0n) is 15.4. The number of hydrogen-bond donors (Lipinski definition) is 1. The quantitative estimate of drug-likeness (QED) is 0.654. The first-order chi connectivity index (χ1) is 14.3. The largest absolute Gasteiger partial charge is 0.416 e. The maximum Gasteiger partial charge on any atom is 0.416 e. The lowest BCUT2D eigenvalue weighted by atomic mass is 10.1. The SMILES string of the molecule is O=C(Nc1ccc(N2CCCC2=O)cn1)c1nc(-c2cccc(C(F)(F)F)c2)cs1. The summed E-state index contributed by atoms with van der Waals surface area (Å²) >= 11 is 1.02. The molecule has 30 heavy (non-hydrogen) atoms. The Morgan fingerprint density at radius 3 is 2.70 bits per heavy atom. The molecule has 10 heteroatoms.